The molecule has 25 heavy (non-hydrogen) atoms. The summed E-state index contributed by atoms with van der Waals surface area (Å²) in [5, 5.41) is 10.9. The molecule has 0 aliphatic rings. The van der Waals surface area contributed by atoms with Crippen molar-refractivity contribution in [2.75, 3.05) is 13.1 Å². The Kier molecular flexibility index (Phi) is 8.43. The van der Waals surface area contributed by atoms with Crippen molar-refractivity contribution in [1.29, 1.82) is 0 Å². The lowest BCUT2D eigenvalue weighted by Crippen LogP contribution is -2.45. The fraction of sp³-hybridized carbons (Fsp3) is 0.211. The molecule has 0 fully saturated rings. The molecule has 2 N–H and O–H groups in total. The van der Waals surface area contributed by atoms with Gasteiger partial charge in [-0.25, -0.2) is 4.79 Å². The van der Waals surface area contributed by atoms with Crippen LogP contribution in [0.3, 0.4) is 0 Å². The molecule has 6 nitrogen and oxygen atoms in total. The van der Waals surface area contributed by atoms with E-state index in [4.69, 9.17) is 5.11 Å². The van der Waals surface area contributed by atoms with Gasteiger partial charge >= 0.3 is 12.0 Å². The normalized spacial score (nSPS) is 10.8. The first-order valence-corrected chi connectivity index (χ1v) is 7.87. The van der Waals surface area contributed by atoms with Crippen LogP contribution in [-0.4, -0.2) is 41.0 Å². The number of hydrogen-bond donors (Lipinski definition) is 2. The van der Waals surface area contributed by atoms with Gasteiger partial charge in [0.1, 0.15) is 6.54 Å². The van der Waals surface area contributed by atoms with Crippen LogP contribution in [-0.2, 0) is 4.79 Å². The number of nitrogens with zero attached hydrogens (tertiary/aromatic N) is 1. The van der Waals surface area contributed by atoms with Gasteiger partial charge in [-0.1, -0.05) is 56.0 Å². The zero-order valence-electron chi connectivity index (χ0n) is 14.1. The van der Waals surface area contributed by atoms with E-state index < -0.39 is 24.5 Å². The zero-order chi connectivity index (χ0) is 18.7. The number of aliphatic carboxylic acids is 1. The number of carboxylic acid groups (broad SMARTS) is 1. The molecule has 0 saturated heterocycles. The minimum atomic E-state index is -1.17. The van der Waals surface area contributed by atoms with Gasteiger partial charge in [0.25, 0.3) is 5.91 Å². The molecule has 0 spiro atoms. The predicted molar refractivity (Wildman–Crippen MR) is 97.2 cm³/mol. The Morgan fingerprint density at radius 2 is 2.00 bits per heavy atom. The number of allylic oxidation sites excluding steroid dienone is 4. The smallest absolute Gasteiger partial charge is 0.324 e. The molecule has 0 atom stereocenters. The van der Waals surface area contributed by atoms with Crippen LogP contribution in [0, 0.1) is 0 Å². The minimum Gasteiger partial charge on any atom is -0.480 e. The number of benzene rings is 1. The largest absolute Gasteiger partial charge is 0.480 e. The number of rotatable bonds is 8. The lowest BCUT2D eigenvalue weighted by atomic mass is 10.1. The molecule has 132 valence electrons. The number of carbonyl (C=O) groups is 3. The third-order valence-electron chi connectivity index (χ3n) is 3.11. The second-order valence-electron chi connectivity index (χ2n) is 5.11. The van der Waals surface area contributed by atoms with Crippen LogP contribution in [0.4, 0.5) is 4.79 Å². The quantitative estimate of drug-likeness (QED) is 0.711. The number of imide groups is 1. The Balaban J connectivity index is 2.95. The van der Waals surface area contributed by atoms with Crippen LogP contribution in [0.15, 0.2) is 55.1 Å². The van der Waals surface area contributed by atoms with Crippen LogP contribution in [0.2, 0.25) is 0 Å². The molecule has 1 aromatic carbocycles. The van der Waals surface area contributed by atoms with Crippen molar-refractivity contribution in [3.8, 4) is 0 Å². The van der Waals surface area contributed by atoms with Crippen molar-refractivity contribution in [3.05, 3.63) is 66.3 Å². The topological polar surface area (TPSA) is 86.7 Å². The van der Waals surface area contributed by atoms with Crippen molar-refractivity contribution in [2.24, 2.45) is 0 Å². The van der Waals surface area contributed by atoms with Crippen molar-refractivity contribution in [2.45, 2.75) is 13.3 Å². The monoisotopic (exact) mass is 342 g/mol. The van der Waals surface area contributed by atoms with Crippen molar-refractivity contribution in [3.63, 3.8) is 0 Å². The molecular formula is C19H22N2O4. The summed E-state index contributed by atoms with van der Waals surface area (Å²) in [5.41, 5.74) is 1.16. The number of carboxylic acids is 1. The number of amides is 3. The Hall–Kier alpha value is -3.15. The third kappa shape index (κ3) is 6.87. The Labute approximate surface area is 147 Å². The first-order chi connectivity index (χ1) is 12.0. The maximum atomic E-state index is 12.6. The molecule has 1 rings (SSSR count). The molecule has 0 bridgehead atoms. The van der Waals surface area contributed by atoms with Crippen molar-refractivity contribution < 1.29 is 19.5 Å². The minimum absolute atomic E-state index is 0.201. The van der Waals surface area contributed by atoms with Crippen LogP contribution in [0.5, 0.6) is 0 Å². The summed E-state index contributed by atoms with van der Waals surface area (Å²) in [6.45, 7) is 5.07. The van der Waals surface area contributed by atoms with Gasteiger partial charge in [-0.3, -0.25) is 14.5 Å². The van der Waals surface area contributed by atoms with Gasteiger partial charge in [-0.2, -0.15) is 0 Å². The highest BCUT2D eigenvalue weighted by atomic mass is 16.4. The summed E-state index contributed by atoms with van der Waals surface area (Å²) in [4.78, 5) is 36.3. The highest BCUT2D eigenvalue weighted by Gasteiger charge is 2.22. The number of urea groups is 1. The summed E-state index contributed by atoms with van der Waals surface area (Å²) in [5.74, 6) is -1.64. The van der Waals surface area contributed by atoms with Gasteiger partial charge in [0.2, 0.25) is 0 Å². The molecule has 3 amide bonds. The van der Waals surface area contributed by atoms with E-state index in [-0.39, 0.29) is 6.54 Å². The summed E-state index contributed by atoms with van der Waals surface area (Å²) in [6, 6.07) is 6.14. The molecule has 0 unspecified atom stereocenters. The first-order valence-electron chi connectivity index (χ1n) is 7.87. The van der Waals surface area contributed by atoms with Gasteiger partial charge in [-0.15, -0.1) is 0 Å². The van der Waals surface area contributed by atoms with Gasteiger partial charge in [0.05, 0.1) is 0 Å². The molecule has 0 aromatic heterocycles. The highest BCUT2D eigenvalue weighted by molar-refractivity contribution is 6.04. The molecule has 0 heterocycles. The van der Waals surface area contributed by atoms with Crippen LogP contribution in [0.1, 0.15) is 29.3 Å². The summed E-state index contributed by atoms with van der Waals surface area (Å²) >= 11 is 0. The number of nitrogens with one attached hydrogen (secondary N) is 1. The predicted octanol–water partition coefficient (Wildman–Crippen LogP) is 3.09. The molecular weight excluding hydrogens is 320 g/mol. The third-order valence-corrected chi connectivity index (χ3v) is 3.11. The Bertz CT molecular complexity index is 692. The Morgan fingerprint density at radius 3 is 2.64 bits per heavy atom. The summed E-state index contributed by atoms with van der Waals surface area (Å²) in [7, 11) is 0. The van der Waals surface area contributed by atoms with E-state index in [1.807, 2.05) is 31.2 Å². The lowest BCUT2D eigenvalue weighted by Gasteiger charge is -2.20. The van der Waals surface area contributed by atoms with E-state index in [0.29, 0.717) is 12.0 Å². The van der Waals surface area contributed by atoms with Gasteiger partial charge in [0.15, 0.2) is 0 Å². The average molecular weight is 342 g/mol. The van der Waals surface area contributed by atoms with Crippen molar-refractivity contribution in [1.82, 2.24) is 10.2 Å². The van der Waals surface area contributed by atoms with Crippen LogP contribution in [0.25, 0.3) is 6.08 Å². The Morgan fingerprint density at radius 1 is 1.24 bits per heavy atom. The first kappa shape index (κ1) is 19.9. The van der Waals surface area contributed by atoms with Gasteiger partial charge in [-0.05, 0) is 24.1 Å². The lowest BCUT2D eigenvalue weighted by molar-refractivity contribution is -0.135. The van der Waals surface area contributed by atoms with Crippen LogP contribution >= 0.6 is 0 Å². The van der Waals surface area contributed by atoms with Crippen molar-refractivity contribution >= 4 is 24.0 Å². The van der Waals surface area contributed by atoms with Gasteiger partial charge in [0, 0.05) is 12.1 Å². The molecule has 1 aromatic rings. The van der Waals surface area contributed by atoms with E-state index in [1.165, 1.54) is 0 Å². The van der Waals surface area contributed by atoms with Gasteiger partial charge < -0.3 is 10.4 Å². The molecule has 0 aliphatic heterocycles. The van der Waals surface area contributed by atoms with E-state index in [9.17, 15) is 14.4 Å². The fourth-order valence-corrected chi connectivity index (χ4v) is 2.01. The SMILES string of the molecule is C=C/C=C\C=C\c1cccc(C(=O)N(CCC)C(=O)NCC(=O)O)c1. The number of carbonyl (C=O) groups excluding carboxylic acids is 2. The average Bonchev–Trinajstić information content (AvgIpc) is 2.61. The standard InChI is InChI=1S/C19H22N2O4/c1-3-5-6-7-9-15-10-8-11-16(13-15)18(24)21(12-4-2)19(25)20-14-17(22)23/h3,5-11,13H,1,4,12,14H2,2H3,(H,20,25)(H,22,23)/b6-5-,9-7+. The maximum Gasteiger partial charge on any atom is 0.324 e. The molecule has 6 heteroatoms. The fourth-order valence-electron chi connectivity index (χ4n) is 2.01. The zero-order valence-corrected chi connectivity index (χ0v) is 14.1. The second-order valence-corrected chi connectivity index (χ2v) is 5.11. The highest BCUT2D eigenvalue weighted by Crippen LogP contribution is 2.11. The van der Waals surface area contributed by atoms with E-state index in [2.05, 4.69) is 11.9 Å². The molecule has 0 aliphatic carbocycles. The van der Waals surface area contributed by atoms with E-state index >= 15 is 0 Å². The number of hydrogen-bond acceptors (Lipinski definition) is 3. The molecule has 0 radical (unpaired) electrons. The summed E-state index contributed by atoms with van der Waals surface area (Å²) < 4.78 is 0. The van der Waals surface area contributed by atoms with Crippen LogP contribution < -0.4 is 5.32 Å². The maximum absolute atomic E-state index is 12.6. The summed E-state index contributed by atoms with van der Waals surface area (Å²) in [6.07, 6.45) is 9.45. The molecule has 0 saturated carbocycles. The second kappa shape index (κ2) is 10.6. The van der Waals surface area contributed by atoms with E-state index in [0.717, 1.165) is 10.5 Å². The van der Waals surface area contributed by atoms with E-state index in [1.54, 1.807) is 30.4 Å².